The number of ether oxygens (including phenoxy) is 1. The van der Waals surface area contributed by atoms with Gasteiger partial charge in [-0.05, 0) is 55.7 Å². The molecule has 1 heterocycles. The van der Waals surface area contributed by atoms with Crippen LogP contribution in [0.3, 0.4) is 0 Å². The zero-order valence-corrected chi connectivity index (χ0v) is 26.1. The van der Waals surface area contributed by atoms with Crippen LogP contribution in [0.25, 0.3) is 0 Å². The van der Waals surface area contributed by atoms with E-state index in [1.54, 1.807) is 0 Å². The van der Waals surface area contributed by atoms with Crippen LogP contribution < -0.4 is 4.43 Å². The molecule has 0 aromatic heterocycles. The summed E-state index contributed by atoms with van der Waals surface area (Å²) in [5, 5.41) is 0.0499. The van der Waals surface area contributed by atoms with Gasteiger partial charge in [-0.15, -0.1) is 0 Å². The monoisotopic (exact) mass is 540 g/mol. The van der Waals surface area contributed by atoms with Crippen molar-refractivity contribution in [2.75, 3.05) is 0 Å². The molecule has 1 aromatic rings. The number of fused-ring (bicyclic) bond motifs is 6. The second-order valence-corrected chi connectivity index (χ2v) is 22.7. The lowest BCUT2D eigenvalue weighted by Gasteiger charge is -2.44. The van der Waals surface area contributed by atoms with E-state index in [2.05, 4.69) is 60.7 Å². The second kappa shape index (κ2) is 8.73. The average Bonchev–Trinajstić information content (AvgIpc) is 3.47. The maximum Gasteiger partial charge on any atom is 0.250 e. The zero-order valence-electron chi connectivity index (χ0n) is 24.1. The maximum atomic E-state index is 14.2. The summed E-state index contributed by atoms with van der Waals surface area (Å²) in [5.74, 6) is 0.481. The first-order valence-corrected chi connectivity index (χ1v) is 19.7. The molecule has 37 heavy (non-hydrogen) atoms. The Morgan fingerprint density at radius 2 is 1.70 bits per heavy atom. The van der Waals surface area contributed by atoms with Crippen LogP contribution in [0.4, 0.5) is 0 Å². The van der Waals surface area contributed by atoms with Crippen LogP contribution in [0.15, 0.2) is 29.8 Å². The number of rotatable bonds is 7. The number of hydrogen-bond donors (Lipinski definition) is 0. The molecule has 0 amide bonds. The van der Waals surface area contributed by atoms with Gasteiger partial charge in [0.15, 0.2) is 25.5 Å². The minimum Gasteiger partial charge on any atom is -0.543 e. The second-order valence-electron chi connectivity index (χ2n) is 13.3. The Hall–Kier alpha value is -1.55. The molecular weight excluding hydrogens is 496 g/mol. The molecule has 7 heteroatoms. The number of ketones is 2. The van der Waals surface area contributed by atoms with E-state index in [0.717, 1.165) is 40.6 Å². The van der Waals surface area contributed by atoms with Crippen molar-refractivity contribution in [3.05, 3.63) is 41.0 Å². The van der Waals surface area contributed by atoms with E-state index in [-0.39, 0.29) is 46.6 Å². The molecule has 6 atom stereocenters. The van der Waals surface area contributed by atoms with Crippen LogP contribution in [0.5, 0.6) is 5.75 Å². The molecular formula is C30H44O5Si2. The standard InChI is InChI=1S/C30H44O5Si2/c1-10-37(11-2,12-3)35-26-24-20(27(32)30(7)28(26)33-30)17-16-18-22-19(25(31)23(18)24)14-13-15-21(22)34-36(8,9)29(4,5)6/h13-15,17-18,23-24,26,28H,10-12,16H2,1-9H3/t18-,23+,24-,26+,28-,30+/m0/s1. The lowest BCUT2D eigenvalue weighted by atomic mass is 9.63. The van der Waals surface area contributed by atoms with Gasteiger partial charge < -0.3 is 13.6 Å². The molecule has 3 aliphatic carbocycles. The Morgan fingerprint density at radius 1 is 1.05 bits per heavy atom. The van der Waals surface area contributed by atoms with Gasteiger partial charge in [-0.1, -0.05) is 59.8 Å². The van der Waals surface area contributed by atoms with Crippen molar-refractivity contribution in [2.45, 2.75) is 115 Å². The van der Waals surface area contributed by atoms with Crippen molar-refractivity contribution >= 4 is 28.2 Å². The van der Waals surface area contributed by atoms with Crippen LogP contribution in [-0.2, 0) is 14.0 Å². The molecule has 1 saturated carbocycles. The first-order valence-electron chi connectivity index (χ1n) is 14.2. The average molecular weight is 541 g/mol. The topological polar surface area (TPSA) is 65.1 Å². The predicted molar refractivity (Wildman–Crippen MR) is 151 cm³/mol. The van der Waals surface area contributed by atoms with E-state index in [1.807, 2.05) is 25.1 Å². The highest BCUT2D eigenvalue weighted by molar-refractivity contribution is 6.74. The van der Waals surface area contributed by atoms with Crippen molar-refractivity contribution in [1.82, 2.24) is 0 Å². The minimum atomic E-state index is -2.11. The SMILES string of the molecule is CC[Si](CC)(CC)O[C@@H]1[C@H]2C(=CC[C@H]3c4c(O[Si](C)(C)C(C)(C)C)cccc4C(=O)[C@@H]23)C(=O)[C@@]2(C)O[C@@H]12. The molecule has 1 aliphatic heterocycles. The van der Waals surface area contributed by atoms with E-state index in [0.29, 0.717) is 6.42 Å². The van der Waals surface area contributed by atoms with Gasteiger partial charge in [0, 0.05) is 34.5 Å². The summed E-state index contributed by atoms with van der Waals surface area (Å²) in [6.07, 6.45) is 2.25. The normalized spacial score (nSPS) is 32.8. The number of allylic oxidation sites excluding steroid dienone is 1. The van der Waals surface area contributed by atoms with E-state index in [9.17, 15) is 9.59 Å². The predicted octanol–water partition coefficient (Wildman–Crippen LogP) is 7.04. The van der Waals surface area contributed by atoms with Crippen molar-refractivity contribution in [1.29, 1.82) is 0 Å². The minimum absolute atomic E-state index is 0.000158. The molecule has 0 radical (unpaired) electrons. The van der Waals surface area contributed by atoms with Crippen LogP contribution >= 0.6 is 0 Å². The smallest absolute Gasteiger partial charge is 0.250 e. The molecule has 0 unspecified atom stereocenters. The summed E-state index contributed by atoms with van der Waals surface area (Å²) in [6, 6.07) is 9.01. The fourth-order valence-electron chi connectivity index (χ4n) is 6.78. The van der Waals surface area contributed by atoms with E-state index >= 15 is 0 Å². The van der Waals surface area contributed by atoms with Gasteiger partial charge in [0.05, 0.1) is 6.10 Å². The number of carbonyl (C=O) groups is 2. The van der Waals surface area contributed by atoms with Crippen molar-refractivity contribution in [3.63, 3.8) is 0 Å². The number of carbonyl (C=O) groups excluding carboxylic acids is 2. The van der Waals surface area contributed by atoms with Crippen molar-refractivity contribution < 1.29 is 23.2 Å². The first-order chi connectivity index (χ1) is 17.2. The Balaban J connectivity index is 1.58. The Kier molecular flexibility index (Phi) is 6.38. The third kappa shape index (κ3) is 3.90. The maximum absolute atomic E-state index is 14.2. The molecule has 4 aliphatic rings. The lowest BCUT2D eigenvalue weighted by molar-refractivity contribution is -0.122. The number of Topliss-reactive ketones (excluding diaryl/α,β-unsaturated/α-hetero) is 2. The molecule has 0 spiro atoms. The van der Waals surface area contributed by atoms with Gasteiger partial charge in [-0.2, -0.15) is 0 Å². The van der Waals surface area contributed by atoms with Crippen LogP contribution in [-0.4, -0.2) is 46.0 Å². The summed E-state index contributed by atoms with van der Waals surface area (Å²) >= 11 is 0. The Labute approximate surface area is 224 Å². The number of hydrogen-bond acceptors (Lipinski definition) is 5. The summed E-state index contributed by atoms with van der Waals surface area (Å²) in [4.78, 5) is 27.8. The van der Waals surface area contributed by atoms with Crippen molar-refractivity contribution in [2.24, 2.45) is 11.8 Å². The summed E-state index contributed by atoms with van der Waals surface area (Å²) in [5.41, 5.74) is 1.77. The third-order valence-electron chi connectivity index (χ3n) is 10.5. The van der Waals surface area contributed by atoms with E-state index in [4.69, 9.17) is 13.6 Å². The zero-order chi connectivity index (χ0) is 27.1. The highest BCUT2D eigenvalue weighted by Crippen LogP contribution is 2.60. The fourth-order valence-corrected chi connectivity index (χ4v) is 10.7. The van der Waals surface area contributed by atoms with Gasteiger partial charge in [0.2, 0.25) is 8.32 Å². The van der Waals surface area contributed by atoms with Crippen molar-refractivity contribution in [3.8, 4) is 5.75 Å². The lowest BCUT2D eigenvalue weighted by Crippen LogP contribution is -2.55. The molecule has 0 N–H and O–H groups in total. The van der Waals surface area contributed by atoms with Crippen LogP contribution in [0.1, 0.15) is 76.7 Å². The number of benzene rings is 1. The highest BCUT2D eigenvalue weighted by atomic mass is 28.4. The van der Waals surface area contributed by atoms with Gasteiger partial charge in [-0.25, -0.2) is 0 Å². The molecule has 5 nitrogen and oxygen atoms in total. The Morgan fingerprint density at radius 3 is 2.30 bits per heavy atom. The summed E-state index contributed by atoms with van der Waals surface area (Å²) in [6.45, 7) is 19.8. The largest absolute Gasteiger partial charge is 0.543 e. The molecule has 5 rings (SSSR count). The number of epoxide rings is 1. The molecule has 202 valence electrons. The molecule has 0 bridgehead atoms. The van der Waals surface area contributed by atoms with E-state index in [1.165, 1.54) is 0 Å². The van der Waals surface area contributed by atoms with Gasteiger partial charge in [0.1, 0.15) is 11.9 Å². The molecule has 1 saturated heterocycles. The van der Waals surface area contributed by atoms with Crippen LogP contribution in [0, 0.1) is 11.8 Å². The van der Waals surface area contributed by atoms with Gasteiger partial charge >= 0.3 is 0 Å². The third-order valence-corrected chi connectivity index (χ3v) is 19.5. The van der Waals surface area contributed by atoms with Gasteiger partial charge in [-0.3, -0.25) is 9.59 Å². The first kappa shape index (κ1) is 27.0. The summed E-state index contributed by atoms with van der Waals surface area (Å²) < 4.78 is 20.1. The highest BCUT2D eigenvalue weighted by Gasteiger charge is 2.71. The van der Waals surface area contributed by atoms with Crippen LogP contribution in [0.2, 0.25) is 36.3 Å². The summed E-state index contributed by atoms with van der Waals surface area (Å²) in [7, 11) is -4.12. The quantitative estimate of drug-likeness (QED) is 0.274. The molecule has 2 fully saturated rings. The molecule has 1 aromatic carbocycles. The van der Waals surface area contributed by atoms with Gasteiger partial charge in [0.25, 0.3) is 0 Å². The Bertz CT molecular complexity index is 1150. The fraction of sp³-hybridized carbons (Fsp3) is 0.667. The van der Waals surface area contributed by atoms with E-state index < -0.39 is 22.2 Å².